The van der Waals surface area contributed by atoms with Crippen LogP contribution in [0.3, 0.4) is 0 Å². The monoisotopic (exact) mass is 478 g/mol. The minimum Gasteiger partial charge on any atom is -0.378 e. The summed E-state index contributed by atoms with van der Waals surface area (Å²) in [6.07, 6.45) is -2.82. The Morgan fingerprint density at radius 1 is 1.41 bits per heavy atom. The second-order valence-electron chi connectivity index (χ2n) is 7.36. The third kappa shape index (κ3) is 5.18. The van der Waals surface area contributed by atoms with Gasteiger partial charge in [0.2, 0.25) is 0 Å². The zero-order valence-corrected chi connectivity index (χ0v) is 17.7. The Labute approximate surface area is 197 Å². The van der Waals surface area contributed by atoms with E-state index in [4.69, 9.17) is 15.5 Å². The number of pyridine rings is 1. The number of aromatic amines is 1. The molecule has 0 unspecified atom stereocenters. The Morgan fingerprint density at radius 2 is 2.24 bits per heavy atom. The van der Waals surface area contributed by atoms with E-state index in [1.54, 1.807) is 5.10 Å². The minimum atomic E-state index is -4.94. The predicted molar refractivity (Wildman–Crippen MR) is 115 cm³/mol. The van der Waals surface area contributed by atoms with Crippen molar-refractivity contribution in [2.75, 3.05) is 23.4 Å². The number of rotatable bonds is 7. The number of nitrogens with one attached hydrogen (secondary N) is 2. The third-order valence-corrected chi connectivity index (χ3v) is 4.77. The number of hydrogen-bond acceptors (Lipinski definition) is 8. The molecule has 4 rings (SSSR count). The van der Waals surface area contributed by atoms with E-state index in [2.05, 4.69) is 20.5 Å². The van der Waals surface area contributed by atoms with Crippen LogP contribution in [-0.4, -0.2) is 44.2 Å². The molecule has 34 heavy (non-hydrogen) atoms. The number of H-pyrrole nitrogens is 1. The van der Waals surface area contributed by atoms with Crippen LogP contribution in [0.25, 0.3) is 0 Å². The number of ether oxygens (including phenoxy) is 1. The van der Waals surface area contributed by atoms with Crippen molar-refractivity contribution in [1.29, 1.82) is 5.26 Å². The van der Waals surface area contributed by atoms with E-state index in [9.17, 15) is 18.0 Å². The van der Waals surface area contributed by atoms with Crippen LogP contribution >= 0.6 is 0 Å². The summed E-state index contributed by atoms with van der Waals surface area (Å²) in [4.78, 5) is 17.1. The number of hydrogen-bond donors (Lipinski definition) is 2. The van der Waals surface area contributed by atoms with Crippen LogP contribution in [0.5, 0.6) is 0 Å². The molecule has 3 aromatic rings. The molecule has 3 aromatic heterocycles. The van der Waals surface area contributed by atoms with E-state index < -0.39 is 48.7 Å². The fraction of sp³-hybridized carbons (Fsp3) is 0.381. The van der Waals surface area contributed by atoms with Crippen LogP contribution < -0.4 is 15.8 Å². The fourth-order valence-corrected chi connectivity index (χ4v) is 3.24. The van der Waals surface area contributed by atoms with E-state index in [0.717, 1.165) is 6.20 Å². The summed E-state index contributed by atoms with van der Waals surface area (Å²) in [5.41, 5.74) is -3.33. The number of nitriles is 1. The number of alkyl halides is 3. The van der Waals surface area contributed by atoms with Crippen LogP contribution in [-0.2, 0) is 30.5 Å². The highest BCUT2D eigenvalue weighted by Crippen LogP contribution is 2.31. The van der Waals surface area contributed by atoms with Crippen molar-refractivity contribution in [1.82, 2.24) is 25.0 Å². The molecule has 0 amide bonds. The van der Waals surface area contributed by atoms with Gasteiger partial charge >= 0.3 is 6.18 Å². The molecule has 4 heterocycles. The maximum Gasteiger partial charge on any atom is 0.423 e. The highest BCUT2D eigenvalue weighted by Gasteiger charge is 2.37. The maximum absolute atomic E-state index is 13.3. The van der Waals surface area contributed by atoms with Gasteiger partial charge in [-0.2, -0.15) is 28.6 Å². The molecule has 0 saturated carbocycles. The lowest BCUT2D eigenvalue weighted by Crippen LogP contribution is -2.34. The number of aromatic nitrogens is 5. The number of fused-ring (bicyclic) bond motifs is 1. The molecule has 0 bridgehead atoms. The van der Waals surface area contributed by atoms with Crippen LogP contribution in [0, 0.1) is 11.3 Å². The van der Waals surface area contributed by atoms with Gasteiger partial charge in [0.05, 0.1) is 60.5 Å². The number of anilines is 2. The molecular weight excluding hydrogens is 453 g/mol. The molecule has 1 aliphatic heterocycles. The summed E-state index contributed by atoms with van der Waals surface area (Å²) in [5, 5.41) is 20.7. The predicted octanol–water partition coefficient (Wildman–Crippen LogP) is 2.29. The molecule has 0 radical (unpaired) electrons. The molecule has 0 aliphatic carbocycles. The maximum atomic E-state index is 13.3. The van der Waals surface area contributed by atoms with Crippen molar-refractivity contribution >= 4 is 11.5 Å². The fourth-order valence-electron chi connectivity index (χ4n) is 3.24. The first-order chi connectivity index (χ1) is 17.7. The smallest absolute Gasteiger partial charge is 0.378 e. The second kappa shape index (κ2) is 9.52. The molecule has 2 N–H and O–H groups in total. The summed E-state index contributed by atoms with van der Waals surface area (Å²) in [5.74, 6) is 0.287. The quantitative estimate of drug-likeness (QED) is 0.530. The molecule has 13 heteroatoms. The summed E-state index contributed by atoms with van der Waals surface area (Å²) >= 11 is 0. The molecule has 0 spiro atoms. The van der Waals surface area contributed by atoms with Crippen LogP contribution in [0.1, 0.15) is 34.9 Å². The van der Waals surface area contributed by atoms with Crippen LogP contribution in [0.15, 0.2) is 35.4 Å². The van der Waals surface area contributed by atoms with Gasteiger partial charge in [0.25, 0.3) is 5.56 Å². The Balaban J connectivity index is 1.49. The van der Waals surface area contributed by atoms with Crippen molar-refractivity contribution in [2.24, 2.45) is 0 Å². The summed E-state index contributed by atoms with van der Waals surface area (Å²) in [7, 11) is 0. The molecule has 10 nitrogen and oxygen atoms in total. The third-order valence-electron chi connectivity index (χ3n) is 4.77. The number of halogens is 3. The zero-order valence-electron chi connectivity index (χ0n) is 21.7. The van der Waals surface area contributed by atoms with Gasteiger partial charge in [-0.25, -0.2) is 10.1 Å². The molecule has 0 saturated heterocycles. The molecule has 178 valence electrons. The average Bonchev–Trinajstić information content (AvgIpc) is 3.29. The van der Waals surface area contributed by atoms with Gasteiger partial charge in [-0.1, -0.05) is 0 Å². The standard InChI is InChI=1S/C21H21F3N8O2/c1-13(28-17-9-27-29-20(33)19(17)21(22,23)24)11-34-12-15-6-16-10-31(4-5-32(16)30-15)18-3-2-14(7-25)8-26-18/h2-3,6,8-9,13H,4-5,10-12H2,1H3,(H2,28,29,33)/t13-/m0/s1/i10D2,12D2. The summed E-state index contributed by atoms with van der Waals surface area (Å²) in [6, 6.07) is 5.31. The second-order valence-corrected chi connectivity index (χ2v) is 7.36. The SMILES string of the molecule is [2H]C([2H])(OC[C@H](C)Nc1cn[nH]c(=O)c1C(F)(F)F)c1cc2n(n1)CCN(c1ccc(C#N)cn1)C2([2H])[2H]. The van der Waals surface area contributed by atoms with Crippen LogP contribution in [0.2, 0.25) is 0 Å². The van der Waals surface area contributed by atoms with Crippen molar-refractivity contribution in [3.05, 3.63) is 63.5 Å². The van der Waals surface area contributed by atoms with Crippen molar-refractivity contribution < 1.29 is 23.4 Å². The highest BCUT2D eigenvalue weighted by atomic mass is 19.4. The molecular formula is C21H21F3N8O2. The first-order valence-electron chi connectivity index (χ1n) is 12.0. The lowest BCUT2D eigenvalue weighted by molar-refractivity contribution is -0.138. The Hall–Kier alpha value is -3.92. The Kier molecular flexibility index (Phi) is 5.18. The first-order valence-corrected chi connectivity index (χ1v) is 10.0. The van der Waals surface area contributed by atoms with Gasteiger partial charge in [-0.3, -0.25) is 9.48 Å². The molecule has 0 fully saturated rings. The van der Waals surface area contributed by atoms with Gasteiger partial charge < -0.3 is 15.0 Å². The molecule has 1 atom stereocenters. The zero-order chi connectivity index (χ0) is 27.9. The normalized spacial score (nSPS) is 18.0. The van der Waals surface area contributed by atoms with E-state index in [1.165, 1.54) is 40.9 Å². The van der Waals surface area contributed by atoms with Gasteiger partial charge in [-0.15, -0.1) is 0 Å². The van der Waals surface area contributed by atoms with Crippen molar-refractivity contribution in [3.63, 3.8) is 0 Å². The number of nitrogens with zero attached hydrogens (tertiary/aromatic N) is 6. The van der Waals surface area contributed by atoms with E-state index in [1.807, 2.05) is 6.07 Å². The minimum absolute atomic E-state index is 0.0490. The summed E-state index contributed by atoms with van der Waals surface area (Å²) < 4.78 is 80.3. The van der Waals surface area contributed by atoms with Gasteiger partial charge in [0.15, 0.2) is 0 Å². The van der Waals surface area contributed by atoms with Gasteiger partial charge in [0, 0.05) is 18.8 Å². The Morgan fingerprint density at radius 3 is 2.94 bits per heavy atom. The lowest BCUT2D eigenvalue weighted by Gasteiger charge is -2.28. The largest absolute Gasteiger partial charge is 0.423 e. The molecule has 1 aliphatic rings. The van der Waals surface area contributed by atoms with Crippen molar-refractivity contribution in [3.8, 4) is 6.07 Å². The van der Waals surface area contributed by atoms with Crippen LogP contribution in [0.4, 0.5) is 24.7 Å². The average molecular weight is 478 g/mol. The highest BCUT2D eigenvalue weighted by molar-refractivity contribution is 5.50. The Bertz CT molecular complexity index is 1420. The van der Waals surface area contributed by atoms with Gasteiger partial charge in [0.1, 0.15) is 17.5 Å². The first kappa shape index (κ1) is 18.5. The van der Waals surface area contributed by atoms with Crippen molar-refractivity contribution in [2.45, 2.75) is 38.7 Å². The van der Waals surface area contributed by atoms with E-state index in [-0.39, 0.29) is 30.3 Å². The van der Waals surface area contributed by atoms with E-state index in [0.29, 0.717) is 5.56 Å². The molecule has 0 aromatic carbocycles. The lowest BCUT2D eigenvalue weighted by atomic mass is 10.2. The van der Waals surface area contributed by atoms with E-state index >= 15 is 0 Å². The van der Waals surface area contributed by atoms with Gasteiger partial charge in [-0.05, 0) is 25.1 Å². The summed E-state index contributed by atoms with van der Waals surface area (Å²) in [6.45, 7) is -3.27. The topological polar surface area (TPSA) is 125 Å².